The summed E-state index contributed by atoms with van der Waals surface area (Å²) in [7, 11) is 3.36. The SMILES string of the molecule is CC(C)[C@H](NC(=O)CCCC(=O)N(C)C)C(=O)NCCN. The summed E-state index contributed by atoms with van der Waals surface area (Å²) in [5, 5.41) is 5.38. The maximum Gasteiger partial charge on any atom is 0.242 e. The quantitative estimate of drug-likeness (QED) is 0.532. The van der Waals surface area contributed by atoms with Gasteiger partial charge in [-0.15, -0.1) is 0 Å². The maximum atomic E-state index is 11.9. The molecule has 0 aliphatic carbocycles. The Morgan fingerprint density at radius 3 is 2.24 bits per heavy atom. The van der Waals surface area contributed by atoms with Gasteiger partial charge in [0.25, 0.3) is 0 Å². The number of nitrogens with zero attached hydrogens (tertiary/aromatic N) is 1. The molecule has 0 aromatic carbocycles. The molecular formula is C14H28N4O3. The van der Waals surface area contributed by atoms with Crippen LogP contribution in [0, 0.1) is 5.92 Å². The van der Waals surface area contributed by atoms with Gasteiger partial charge in [-0.3, -0.25) is 14.4 Å². The second-order valence-electron chi connectivity index (χ2n) is 5.51. The Hall–Kier alpha value is -1.63. The predicted octanol–water partition coefficient (Wildman–Crippen LogP) is -0.539. The summed E-state index contributed by atoms with van der Waals surface area (Å²) in [4.78, 5) is 36.6. The van der Waals surface area contributed by atoms with Crippen LogP contribution in [0.4, 0.5) is 0 Å². The van der Waals surface area contributed by atoms with Crippen LogP contribution in [0.2, 0.25) is 0 Å². The lowest BCUT2D eigenvalue weighted by Gasteiger charge is -2.21. The van der Waals surface area contributed by atoms with Crippen molar-refractivity contribution in [1.29, 1.82) is 0 Å². The Morgan fingerprint density at radius 2 is 1.76 bits per heavy atom. The second-order valence-corrected chi connectivity index (χ2v) is 5.51. The van der Waals surface area contributed by atoms with Crippen molar-refractivity contribution in [1.82, 2.24) is 15.5 Å². The Labute approximate surface area is 126 Å². The molecular weight excluding hydrogens is 272 g/mol. The number of carbonyl (C=O) groups excluding carboxylic acids is 3. The van der Waals surface area contributed by atoms with Crippen molar-refractivity contribution in [3.8, 4) is 0 Å². The zero-order valence-corrected chi connectivity index (χ0v) is 13.4. The van der Waals surface area contributed by atoms with Gasteiger partial charge in [-0.1, -0.05) is 13.8 Å². The number of carbonyl (C=O) groups is 3. The first-order valence-electron chi connectivity index (χ1n) is 7.26. The molecule has 0 aromatic rings. The Bertz CT molecular complexity index is 356. The first kappa shape index (κ1) is 19.4. The summed E-state index contributed by atoms with van der Waals surface area (Å²) < 4.78 is 0. The zero-order chi connectivity index (χ0) is 16.4. The van der Waals surface area contributed by atoms with Crippen molar-refractivity contribution < 1.29 is 14.4 Å². The molecule has 4 N–H and O–H groups in total. The molecule has 0 rings (SSSR count). The summed E-state index contributed by atoms with van der Waals surface area (Å²) in [6.45, 7) is 4.47. The molecule has 0 aliphatic heterocycles. The van der Waals surface area contributed by atoms with E-state index in [1.165, 1.54) is 4.90 Å². The highest BCUT2D eigenvalue weighted by Gasteiger charge is 2.23. The van der Waals surface area contributed by atoms with Crippen molar-refractivity contribution in [2.75, 3.05) is 27.2 Å². The molecule has 0 aromatic heterocycles. The number of rotatable bonds is 9. The van der Waals surface area contributed by atoms with E-state index in [0.717, 1.165) is 0 Å². The molecule has 7 nitrogen and oxygen atoms in total. The second kappa shape index (κ2) is 10.1. The van der Waals surface area contributed by atoms with Crippen LogP contribution < -0.4 is 16.4 Å². The first-order chi connectivity index (χ1) is 9.79. The molecule has 0 unspecified atom stereocenters. The van der Waals surface area contributed by atoms with Crippen molar-refractivity contribution >= 4 is 17.7 Å². The van der Waals surface area contributed by atoms with Gasteiger partial charge in [-0.2, -0.15) is 0 Å². The lowest BCUT2D eigenvalue weighted by Crippen LogP contribution is -2.50. The molecule has 3 amide bonds. The first-order valence-corrected chi connectivity index (χ1v) is 7.26. The topological polar surface area (TPSA) is 105 Å². The van der Waals surface area contributed by atoms with Crippen molar-refractivity contribution in [3.05, 3.63) is 0 Å². The highest BCUT2D eigenvalue weighted by Crippen LogP contribution is 2.04. The third kappa shape index (κ3) is 8.29. The molecule has 21 heavy (non-hydrogen) atoms. The van der Waals surface area contributed by atoms with Gasteiger partial charge in [0.1, 0.15) is 6.04 Å². The monoisotopic (exact) mass is 300 g/mol. The summed E-state index contributed by atoms with van der Waals surface area (Å²) in [5.74, 6) is -0.477. The fraction of sp³-hybridized carbons (Fsp3) is 0.786. The van der Waals surface area contributed by atoms with Crippen molar-refractivity contribution in [2.45, 2.75) is 39.2 Å². The summed E-state index contributed by atoms with van der Waals surface area (Å²) in [6, 6.07) is -0.575. The fourth-order valence-electron chi connectivity index (χ4n) is 1.71. The van der Waals surface area contributed by atoms with E-state index in [4.69, 9.17) is 5.73 Å². The van der Waals surface area contributed by atoms with Crippen LogP contribution in [0.3, 0.4) is 0 Å². The van der Waals surface area contributed by atoms with Gasteiger partial charge >= 0.3 is 0 Å². The largest absolute Gasteiger partial charge is 0.353 e. The molecule has 7 heteroatoms. The summed E-state index contributed by atoms with van der Waals surface area (Å²) in [5.41, 5.74) is 5.33. The highest BCUT2D eigenvalue weighted by molar-refractivity contribution is 5.88. The Balaban J connectivity index is 4.23. The minimum atomic E-state index is -0.575. The molecule has 0 bridgehead atoms. The zero-order valence-electron chi connectivity index (χ0n) is 13.4. The summed E-state index contributed by atoms with van der Waals surface area (Å²) in [6.07, 6.45) is 1.02. The van der Waals surface area contributed by atoms with E-state index >= 15 is 0 Å². The van der Waals surface area contributed by atoms with E-state index in [9.17, 15) is 14.4 Å². The lowest BCUT2D eigenvalue weighted by molar-refractivity contribution is -0.131. The van der Waals surface area contributed by atoms with Crippen molar-refractivity contribution in [2.24, 2.45) is 11.7 Å². The van der Waals surface area contributed by atoms with Crippen LogP contribution >= 0.6 is 0 Å². The fourth-order valence-corrected chi connectivity index (χ4v) is 1.71. The standard InChI is InChI=1S/C14H28N4O3/c1-10(2)13(14(21)16-9-8-15)17-11(19)6-5-7-12(20)18(3)4/h10,13H,5-9,15H2,1-4H3,(H,16,21)(H,17,19)/t13-/m0/s1. The molecule has 0 fully saturated rings. The molecule has 0 saturated carbocycles. The van der Waals surface area contributed by atoms with Crippen LogP contribution in [-0.4, -0.2) is 55.8 Å². The molecule has 1 atom stereocenters. The normalized spacial score (nSPS) is 11.9. The van der Waals surface area contributed by atoms with Crippen molar-refractivity contribution in [3.63, 3.8) is 0 Å². The van der Waals surface area contributed by atoms with Crippen LogP contribution in [0.1, 0.15) is 33.1 Å². The van der Waals surface area contributed by atoms with Gasteiger partial charge in [0.15, 0.2) is 0 Å². The Morgan fingerprint density at radius 1 is 1.14 bits per heavy atom. The molecule has 122 valence electrons. The smallest absolute Gasteiger partial charge is 0.242 e. The highest BCUT2D eigenvalue weighted by atomic mass is 16.2. The third-order valence-corrected chi connectivity index (χ3v) is 3.00. The minimum absolute atomic E-state index is 0.0103. The Kier molecular flexibility index (Phi) is 9.36. The number of amides is 3. The van der Waals surface area contributed by atoms with Gasteiger partial charge in [0, 0.05) is 40.0 Å². The van der Waals surface area contributed by atoms with E-state index in [0.29, 0.717) is 25.9 Å². The molecule has 0 heterocycles. The van der Waals surface area contributed by atoms with E-state index in [1.54, 1.807) is 14.1 Å². The average Bonchev–Trinajstić information content (AvgIpc) is 2.41. The van der Waals surface area contributed by atoms with Gasteiger partial charge < -0.3 is 21.3 Å². The number of nitrogens with one attached hydrogen (secondary N) is 2. The van der Waals surface area contributed by atoms with Crippen LogP contribution in [0.15, 0.2) is 0 Å². The molecule has 0 radical (unpaired) electrons. The number of hydrogen-bond donors (Lipinski definition) is 3. The van der Waals surface area contributed by atoms with Crippen LogP contribution in [0.25, 0.3) is 0 Å². The van der Waals surface area contributed by atoms with E-state index < -0.39 is 6.04 Å². The average molecular weight is 300 g/mol. The molecule has 0 spiro atoms. The van der Waals surface area contributed by atoms with Crippen LogP contribution in [-0.2, 0) is 14.4 Å². The maximum absolute atomic E-state index is 11.9. The van der Waals surface area contributed by atoms with E-state index in [1.807, 2.05) is 13.8 Å². The van der Waals surface area contributed by atoms with E-state index in [-0.39, 0.29) is 30.1 Å². The lowest BCUT2D eigenvalue weighted by atomic mass is 10.0. The van der Waals surface area contributed by atoms with Gasteiger partial charge in [-0.25, -0.2) is 0 Å². The van der Waals surface area contributed by atoms with E-state index in [2.05, 4.69) is 10.6 Å². The third-order valence-electron chi connectivity index (χ3n) is 3.00. The van der Waals surface area contributed by atoms with Gasteiger partial charge in [-0.05, 0) is 12.3 Å². The molecule has 0 saturated heterocycles. The predicted molar refractivity (Wildman–Crippen MR) is 81.4 cm³/mol. The number of nitrogens with two attached hydrogens (primary N) is 1. The van der Waals surface area contributed by atoms with Gasteiger partial charge in [0.05, 0.1) is 0 Å². The molecule has 0 aliphatic rings. The number of hydrogen-bond acceptors (Lipinski definition) is 4. The minimum Gasteiger partial charge on any atom is -0.353 e. The summed E-state index contributed by atoms with van der Waals surface area (Å²) >= 11 is 0. The van der Waals surface area contributed by atoms with Gasteiger partial charge in [0.2, 0.25) is 17.7 Å². The van der Waals surface area contributed by atoms with Crippen LogP contribution in [0.5, 0.6) is 0 Å².